The first-order chi connectivity index (χ1) is 16.5. The fraction of sp³-hybridized carbons (Fsp3) is 0.381. The first-order valence-corrected chi connectivity index (χ1v) is 13.6. The van der Waals surface area contributed by atoms with Crippen molar-refractivity contribution in [3.63, 3.8) is 0 Å². The highest BCUT2D eigenvalue weighted by atomic mass is 32.2. The van der Waals surface area contributed by atoms with Crippen LogP contribution in [0.5, 0.6) is 0 Å². The number of hydrogen-bond donors (Lipinski definition) is 3. The minimum Gasteiger partial charge on any atom is -0.465 e. The van der Waals surface area contributed by atoms with Crippen molar-refractivity contribution in [3.8, 4) is 0 Å². The zero-order valence-corrected chi connectivity index (χ0v) is 21.7. The SMILES string of the molecule is CC(C)CN(c1ccc(N(C(=O)O)[C@@H](C)[C@@H](C)OP(=O)(O)O)cc1)S(=O)(=O)c1ccc([N+](=O)[O-])cc1. The lowest BCUT2D eigenvalue weighted by atomic mass is 10.1. The van der Waals surface area contributed by atoms with Crippen LogP contribution in [0.1, 0.15) is 27.7 Å². The number of benzene rings is 2. The van der Waals surface area contributed by atoms with Crippen LogP contribution in [-0.2, 0) is 19.1 Å². The molecule has 0 unspecified atom stereocenters. The maximum Gasteiger partial charge on any atom is 0.469 e. The van der Waals surface area contributed by atoms with E-state index in [2.05, 4.69) is 4.52 Å². The fourth-order valence-electron chi connectivity index (χ4n) is 3.35. The number of sulfonamides is 1. The lowest BCUT2D eigenvalue weighted by Crippen LogP contribution is -2.44. The molecule has 0 fully saturated rings. The van der Waals surface area contributed by atoms with Crippen LogP contribution in [0, 0.1) is 16.0 Å². The van der Waals surface area contributed by atoms with Gasteiger partial charge in [0.25, 0.3) is 15.7 Å². The smallest absolute Gasteiger partial charge is 0.465 e. The molecule has 198 valence electrons. The van der Waals surface area contributed by atoms with Gasteiger partial charge in [-0.25, -0.2) is 17.8 Å². The van der Waals surface area contributed by atoms with Crippen molar-refractivity contribution < 1.29 is 42.1 Å². The van der Waals surface area contributed by atoms with E-state index in [9.17, 15) is 33.0 Å². The molecule has 13 nitrogen and oxygen atoms in total. The predicted molar refractivity (Wildman–Crippen MR) is 131 cm³/mol. The lowest BCUT2D eigenvalue weighted by Gasteiger charge is -2.31. The third kappa shape index (κ3) is 7.24. The Hall–Kier alpha value is -3.03. The van der Waals surface area contributed by atoms with Crippen molar-refractivity contribution in [2.45, 2.75) is 44.7 Å². The van der Waals surface area contributed by atoms with Gasteiger partial charge in [0.1, 0.15) is 0 Å². The van der Waals surface area contributed by atoms with E-state index in [1.54, 1.807) is 0 Å². The molecule has 0 aromatic heterocycles. The minimum absolute atomic E-state index is 0.0743. The standard InChI is InChI=1S/C21H28N3O10PS/c1-14(2)13-22(36(32,33)20-11-9-19(10-12-20)24(27)28)17-5-7-18(8-6-17)23(21(25)26)15(3)16(4)34-35(29,30)31/h5-12,14-16H,13H2,1-4H3,(H,25,26)(H2,29,30,31)/t15-,16+/m0/s1. The topological polar surface area (TPSA) is 188 Å². The Bertz CT molecular complexity index is 1230. The minimum atomic E-state index is -4.86. The molecule has 2 aromatic rings. The lowest BCUT2D eigenvalue weighted by molar-refractivity contribution is -0.384. The third-order valence-corrected chi connectivity index (χ3v) is 7.59. The Morgan fingerprint density at radius 1 is 1.03 bits per heavy atom. The van der Waals surface area contributed by atoms with Crippen LogP contribution in [0.15, 0.2) is 53.4 Å². The molecular formula is C21H28N3O10PS. The van der Waals surface area contributed by atoms with Crippen LogP contribution in [0.4, 0.5) is 21.9 Å². The number of phosphoric acid groups is 1. The number of anilines is 2. The van der Waals surface area contributed by atoms with Gasteiger partial charge in [-0.05, 0) is 56.2 Å². The molecule has 36 heavy (non-hydrogen) atoms. The number of hydrogen-bond acceptors (Lipinski definition) is 7. The summed E-state index contributed by atoms with van der Waals surface area (Å²) in [5, 5.41) is 20.6. The van der Waals surface area contributed by atoms with E-state index in [0.717, 1.165) is 33.5 Å². The summed E-state index contributed by atoms with van der Waals surface area (Å²) in [5.41, 5.74) is 0.0917. The zero-order chi connectivity index (χ0) is 27.4. The molecule has 0 aliphatic carbocycles. The summed E-state index contributed by atoms with van der Waals surface area (Å²) in [6, 6.07) is 9.00. The number of carbonyl (C=O) groups is 1. The maximum absolute atomic E-state index is 13.4. The van der Waals surface area contributed by atoms with E-state index < -0.39 is 41.0 Å². The number of amides is 1. The third-order valence-electron chi connectivity index (χ3n) is 5.18. The van der Waals surface area contributed by atoms with Crippen LogP contribution < -0.4 is 9.21 Å². The van der Waals surface area contributed by atoms with Crippen LogP contribution in [-0.4, -0.2) is 53.0 Å². The average molecular weight is 546 g/mol. The summed E-state index contributed by atoms with van der Waals surface area (Å²) >= 11 is 0. The van der Waals surface area contributed by atoms with E-state index in [1.165, 1.54) is 38.1 Å². The Labute approximate surface area is 208 Å². The molecule has 0 saturated carbocycles. The van der Waals surface area contributed by atoms with Crippen molar-refractivity contribution in [2.24, 2.45) is 5.92 Å². The van der Waals surface area contributed by atoms with Crippen LogP contribution in [0.2, 0.25) is 0 Å². The second-order valence-electron chi connectivity index (χ2n) is 8.39. The van der Waals surface area contributed by atoms with Gasteiger partial charge in [-0.3, -0.25) is 23.8 Å². The summed E-state index contributed by atoms with van der Waals surface area (Å²) < 4.78 is 43.6. The first kappa shape index (κ1) is 29.2. The number of nitro benzene ring substituents is 1. The molecule has 1 amide bonds. The van der Waals surface area contributed by atoms with Crippen molar-refractivity contribution in [1.82, 2.24) is 0 Å². The van der Waals surface area contributed by atoms with Gasteiger partial charge < -0.3 is 14.9 Å². The van der Waals surface area contributed by atoms with E-state index >= 15 is 0 Å². The molecule has 0 radical (unpaired) electrons. The second-order valence-corrected chi connectivity index (χ2v) is 11.4. The molecule has 2 rings (SSSR count). The average Bonchev–Trinajstić information content (AvgIpc) is 2.76. The van der Waals surface area contributed by atoms with E-state index in [1.807, 2.05) is 13.8 Å². The van der Waals surface area contributed by atoms with Crippen molar-refractivity contribution >= 4 is 41.0 Å². The van der Waals surface area contributed by atoms with Gasteiger partial charge >= 0.3 is 13.9 Å². The molecule has 0 aliphatic rings. The molecule has 0 spiro atoms. The molecule has 0 bridgehead atoms. The molecule has 0 heterocycles. The summed E-state index contributed by atoms with van der Waals surface area (Å²) in [6.45, 7) is 6.42. The number of phosphoric ester groups is 1. The monoisotopic (exact) mass is 545 g/mol. The Balaban J connectivity index is 2.44. The molecule has 3 N–H and O–H groups in total. The van der Waals surface area contributed by atoms with Gasteiger partial charge in [0.05, 0.1) is 27.7 Å². The Morgan fingerprint density at radius 3 is 1.94 bits per heavy atom. The molecule has 0 aliphatic heterocycles. The summed E-state index contributed by atoms with van der Waals surface area (Å²) in [4.78, 5) is 41.0. The normalized spacial score (nSPS) is 13.8. The zero-order valence-electron chi connectivity index (χ0n) is 20.0. The fourth-order valence-corrected chi connectivity index (χ4v) is 5.59. The molecule has 2 atom stereocenters. The number of carboxylic acid groups (broad SMARTS) is 1. The van der Waals surface area contributed by atoms with Crippen molar-refractivity contribution in [3.05, 3.63) is 58.6 Å². The van der Waals surface area contributed by atoms with Gasteiger partial charge in [-0.2, -0.15) is 0 Å². The Kier molecular flexibility index (Phi) is 9.21. The maximum atomic E-state index is 13.4. The van der Waals surface area contributed by atoms with E-state index in [-0.39, 0.29) is 34.4 Å². The van der Waals surface area contributed by atoms with Gasteiger partial charge in [-0.1, -0.05) is 13.8 Å². The second kappa shape index (κ2) is 11.4. The highest BCUT2D eigenvalue weighted by Gasteiger charge is 2.32. The number of nitrogens with zero attached hydrogens (tertiary/aromatic N) is 3. The van der Waals surface area contributed by atoms with E-state index in [0.29, 0.717) is 0 Å². The van der Waals surface area contributed by atoms with Crippen LogP contribution in [0.3, 0.4) is 0 Å². The Morgan fingerprint density at radius 2 is 1.53 bits per heavy atom. The number of rotatable bonds is 11. The highest BCUT2D eigenvalue weighted by Crippen LogP contribution is 2.39. The summed E-state index contributed by atoms with van der Waals surface area (Å²) in [7, 11) is -8.98. The van der Waals surface area contributed by atoms with Crippen molar-refractivity contribution in [1.29, 1.82) is 0 Å². The van der Waals surface area contributed by atoms with Crippen LogP contribution in [0.25, 0.3) is 0 Å². The predicted octanol–water partition coefficient (Wildman–Crippen LogP) is 3.82. The highest BCUT2D eigenvalue weighted by molar-refractivity contribution is 7.92. The molecule has 15 heteroatoms. The first-order valence-electron chi connectivity index (χ1n) is 10.7. The quantitative estimate of drug-likeness (QED) is 0.213. The largest absolute Gasteiger partial charge is 0.469 e. The molecular weight excluding hydrogens is 517 g/mol. The van der Waals surface area contributed by atoms with Gasteiger partial charge in [0, 0.05) is 24.4 Å². The summed E-state index contributed by atoms with van der Waals surface area (Å²) in [6.07, 6.45) is -2.57. The van der Waals surface area contributed by atoms with Gasteiger partial charge in [-0.15, -0.1) is 0 Å². The number of non-ortho nitro benzene ring substituents is 1. The van der Waals surface area contributed by atoms with E-state index in [4.69, 9.17) is 9.79 Å². The van der Waals surface area contributed by atoms with Gasteiger partial charge in [0.15, 0.2) is 0 Å². The van der Waals surface area contributed by atoms with Crippen LogP contribution >= 0.6 is 7.82 Å². The molecule has 2 aromatic carbocycles. The molecule has 0 saturated heterocycles. The number of nitro groups is 1. The van der Waals surface area contributed by atoms with Gasteiger partial charge in [0.2, 0.25) is 0 Å². The summed E-state index contributed by atoms with van der Waals surface area (Å²) in [5.74, 6) is -0.0984. The van der Waals surface area contributed by atoms with Crippen molar-refractivity contribution in [2.75, 3.05) is 15.7 Å².